The molecule has 0 radical (unpaired) electrons. The zero-order valence-corrected chi connectivity index (χ0v) is 12.8. The maximum absolute atomic E-state index is 12.1. The molecule has 1 atom stereocenters. The largest absolute Gasteiger partial charge is 0.481 e. The van der Waals surface area contributed by atoms with Gasteiger partial charge in [-0.05, 0) is 31.5 Å². The van der Waals surface area contributed by atoms with E-state index in [2.05, 4.69) is 5.32 Å². The van der Waals surface area contributed by atoms with Gasteiger partial charge in [0, 0.05) is 6.04 Å². The van der Waals surface area contributed by atoms with E-state index in [9.17, 15) is 9.59 Å². The first kappa shape index (κ1) is 16.1. The molecular weight excluding hydrogens is 315 g/mol. The van der Waals surface area contributed by atoms with Crippen LogP contribution in [0.5, 0.6) is 0 Å². The minimum Gasteiger partial charge on any atom is -0.481 e. The first-order valence-electron chi connectivity index (χ1n) is 6.67. The highest BCUT2D eigenvalue weighted by Gasteiger charge is 2.28. The maximum Gasteiger partial charge on any atom is 0.304 e. The number of carboxylic acid groups (broad SMARTS) is 1. The molecule has 1 aromatic rings. The van der Waals surface area contributed by atoms with E-state index in [1.165, 1.54) is 0 Å². The van der Waals surface area contributed by atoms with Crippen LogP contribution >= 0.6 is 23.2 Å². The van der Waals surface area contributed by atoms with Crippen molar-refractivity contribution < 1.29 is 14.7 Å². The molecule has 114 valence electrons. The van der Waals surface area contributed by atoms with Gasteiger partial charge in [-0.1, -0.05) is 29.3 Å². The van der Waals surface area contributed by atoms with Crippen molar-refractivity contribution in [3.05, 3.63) is 28.2 Å². The minimum atomic E-state index is -0.846. The molecule has 0 bridgehead atoms. The second-order valence-electron chi connectivity index (χ2n) is 5.01. The Balaban J connectivity index is 1.97. The Bertz CT molecular complexity index is 531. The first-order chi connectivity index (χ1) is 9.97. The second-order valence-corrected chi connectivity index (χ2v) is 5.82. The van der Waals surface area contributed by atoms with E-state index in [0.29, 0.717) is 15.7 Å². The number of amides is 1. The van der Waals surface area contributed by atoms with E-state index < -0.39 is 5.97 Å². The predicted octanol–water partition coefficient (Wildman–Crippen LogP) is 2.87. The Morgan fingerprint density at radius 1 is 1.33 bits per heavy atom. The monoisotopic (exact) mass is 330 g/mol. The molecule has 0 aliphatic carbocycles. The average Bonchev–Trinajstić information content (AvgIpc) is 2.80. The molecule has 2 rings (SSSR count). The highest BCUT2D eigenvalue weighted by molar-refractivity contribution is 6.39. The van der Waals surface area contributed by atoms with Gasteiger partial charge in [-0.15, -0.1) is 0 Å². The summed E-state index contributed by atoms with van der Waals surface area (Å²) in [5.74, 6) is -1.09. The van der Waals surface area contributed by atoms with Crippen LogP contribution in [-0.4, -0.2) is 41.0 Å². The topological polar surface area (TPSA) is 69.6 Å². The Morgan fingerprint density at radius 2 is 2.00 bits per heavy atom. The van der Waals surface area contributed by atoms with Crippen molar-refractivity contribution in [1.29, 1.82) is 0 Å². The van der Waals surface area contributed by atoms with Crippen LogP contribution in [0.25, 0.3) is 0 Å². The number of nitrogens with zero attached hydrogens (tertiary/aromatic N) is 1. The minimum absolute atomic E-state index is 0.0557. The third kappa shape index (κ3) is 4.33. The van der Waals surface area contributed by atoms with Crippen molar-refractivity contribution in [3.8, 4) is 0 Å². The second kappa shape index (κ2) is 7.11. The van der Waals surface area contributed by atoms with E-state index in [4.69, 9.17) is 28.3 Å². The molecule has 0 saturated carbocycles. The van der Waals surface area contributed by atoms with Crippen LogP contribution in [0.3, 0.4) is 0 Å². The van der Waals surface area contributed by atoms with Crippen LogP contribution in [0.1, 0.15) is 19.3 Å². The van der Waals surface area contributed by atoms with Gasteiger partial charge in [-0.2, -0.15) is 0 Å². The van der Waals surface area contributed by atoms with Gasteiger partial charge >= 0.3 is 5.97 Å². The van der Waals surface area contributed by atoms with E-state index in [1.807, 2.05) is 4.90 Å². The van der Waals surface area contributed by atoms with Gasteiger partial charge in [0.2, 0.25) is 5.91 Å². The highest BCUT2D eigenvalue weighted by Crippen LogP contribution is 2.30. The molecule has 5 nitrogen and oxygen atoms in total. The lowest BCUT2D eigenvalue weighted by Crippen LogP contribution is -2.37. The van der Waals surface area contributed by atoms with E-state index in [1.54, 1.807) is 18.2 Å². The molecule has 1 fully saturated rings. The third-order valence-corrected chi connectivity index (χ3v) is 4.11. The standard InChI is InChI=1S/C14H16Cl2N2O3/c15-10-4-1-5-11(16)14(10)17-12(19)8-18-6-2-3-9(18)7-13(20)21/h1,4-5,9H,2-3,6-8H2,(H,17,19)(H,20,21). The van der Waals surface area contributed by atoms with Crippen LogP contribution in [0.15, 0.2) is 18.2 Å². The summed E-state index contributed by atoms with van der Waals surface area (Å²) in [6, 6.07) is 4.90. The fourth-order valence-corrected chi connectivity index (χ4v) is 3.01. The third-order valence-electron chi connectivity index (χ3n) is 3.48. The first-order valence-corrected chi connectivity index (χ1v) is 7.42. The summed E-state index contributed by atoms with van der Waals surface area (Å²) in [6.07, 6.45) is 1.75. The van der Waals surface area contributed by atoms with Crippen LogP contribution < -0.4 is 5.32 Å². The van der Waals surface area contributed by atoms with Crippen LogP contribution in [0.4, 0.5) is 5.69 Å². The van der Waals surface area contributed by atoms with Crippen molar-refractivity contribution in [2.24, 2.45) is 0 Å². The van der Waals surface area contributed by atoms with Gasteiger partial charge in [0.05, 0.1) is 28.7 Å². The molecule has 1 aromatic carbocycles. The van der Waals surface area contributed by atoms with Crippen molar-refractivity contribution in [2.75, 3.05) is 18.4 Å². The summed E-state index contributed by atoms with van der Waals surface area (Å²) in [4.78, 5) is 24.8. The van der Waals surface area contributed by atoms with E-state index >= 15 is 0 Å². The van der Waals surface area contributed by atoms with Crippen molar-refractivity contribution in [3.63, 3.8) is 0 Å². The van der Waals surface area contributed by atoms with Gasteiger partial charge in [0.25, 0.3) is 0 Å². The predicted molar refractivity (Wildman–Crippen MR) is 81.9 cm³/mol. The number of aliphatic carboxylic acids is 1. The fraction of sp³-hybridized carbons (Fsp3) is 0.429. The van der Waals surface area contributed by atoms with Gasteiger partial charge in [0.1, 0.15) is 0 Å². The molecule has 21 heavy (non-hydrogen) atoms. The fourth-order valence-electron chi connectivity index (χ4n) is 2.52. The van der Waals surface area contributed by atoms with E-state index in [-0.39, 0.29) is 24.9 Å². The summed E-state index contributed by atoms with van der Waals surface area (Å²) in [7, 11) is 0. The number of para-hydroxylation sites is 1. The molecule has 1 unspecified atom stereocenters. The Labute approximate surface area is 132 Å². The lowest BCUT2D eigenvalue weighted by Gasteiger charge is -2.22. The Kier molecular flexibility index (Phi) is 5.45. The molecule has 1 saturated heterocycles. The summed E-state index contributed by atoms with van der Waals surface area (Å²) < 4.78 is 0. The molecule has 1 heterocycles. The zero-order chi connectivity index (χ0) is 15.4. The SMILES string of the molecule is O=C(O)CC1CCCN1CC(=O)Nc1c(Cl)cccc1Cl. The average molecular weight is 331 g/mol. The molecule has 7 heteroatoms. The number of benzene rings is 1. The molecular formula is C14H16Cl2N2O3. The molecule has 0 spiro atoms. The number of carboxylic acids is 1. The number of hydrogen-bond donors (Lipinski definition) is 2. The zero-order valence-electron chi connectivity index (χ0n) is 11.3. The lowest BCUT2D eigenvalue weighted by molar-refractivity contribution is -0.138. The quantitative estimate of drug-likeness (QED) is 0.870. The normalized spacial score (nSPS) is 18.7. The number of rotatable bonds is 5. The molecule has 1 aliphatic heterocycles. The molecule has 1 aliphatic rings. The maximum atomic E-state index is 12.1. The van der Waals surface area contributed by atoms with Crippen molar-refractivity contribution >= 4 is 40.8 Å². The molecule has 1 amide bonds. The molecule has 0 aromatic heterocycles. The number of likely N-dealkylation sites (tertiary alicyclic amines) is 1. The highest BCUT2D eigenvalue weighted by atomic mass is 35.5. The number of halogens is 2. The summed E-state index contributed by atoms with van der Waals surface area (Å²) in [6.45, 7) is 0.862. The van der Waals surface area contributed by atoms with Crippen molar-refractivity contribution in [1.82, 2.24) is 4.90 Å². The number of carbonyl (C=O) groups excluding carboxylic acids is 1. The smallest absolute Gasteiger partial charge is 0.304 e. The van der Waals surface area contributed by atoms with Crippen LogP contribution in [0, 0.1) is 0 Å². The summed E-state index contributed by atoms with van der Waals surface area (Å²) in [5.41, 5.74) is 0.389. The van der Waals surface area contributed by atoms with Crippen LogP contribution in [0.2, 0.25) is 10.0 Å². The number of anilines is 1. The Hall–Kier alpha value is -1.30. The lowest BCUT2D eigenvalue weighted by atomic mass is 10.1. The van der Waals surface area contributed by atoms with Crippen LogP contribution in [-0.2, 0) is 9.59 Å². The van der Waals surface area contributed by atoms with E-state index in [0.717, 1.165) is 19.4 Å². The number of hydrogen-bond acceptors (Lipinski definition) is 3. The van der Waals surface area contributed by atoms with Gasteiger partial charge in [-0.3, -0.25) is 14.5 Å². The van der Waals surface area contributed by atoms with Gasteiger partial charge < -0.3 is 10.4 Å². The summed E-state index contributed by atoms with van der Waals surface area (Å²) in [5, 5.41) is 12.3. The van der Waals surface area contributed by atoms with Crippen molar-refractivity contribution in [2.45, 2.75) is 25.3 Å². The number of carbonyl (C=O) groups is 2. The summed E-state index contributed by atoms with van der Waals surface area (Å²) >= 11 is 12.0. The van der Waals surface area contributed by atoms with Gasteiger partial charge in [-0.25, -0.2) is 0 Å². The molecule has 2 N–H and O–H groups in total. The van der Waals surface area contributed by atoms with Gasteiger partial charge in [0.15, 0.2) is 0 Å². The number of nitrogens with one attached hydrogen (secondary N) is 1. The Morgan fingerprint density at radius 3 is 2.62 bits per heavy atom.